The Labute approximate surface area is 258 Å². The van der Waals surface area contributed by atoms with Crippen LogP contribution in [0.15, 0.2) is 155 Å². The summed E-state index contributed by atoms with van der Waals surface area (Å²) in [5, 5.41) is 0. The summed E-state index contributed by atoms with van der Waals surface area (Å²) in [7, 11) is 0. The first-order valence-electron chi connectivity index (χ1n) is 13.6. The van der Waals surface area contributed by atoms with E-state index >= 15 is 0 Å². The SMILES string of the molecule is Brc1ccc(-c2ccc3c(c2)C(c2ccccc2)(c2ccccc2)c2cc(Br)ccc2-3)c(C#Cc2ccccc2)c1. The lowest BCUT2D eigenvalue weighted by molar-refractivity contribution is 0.768. The van der Waals surface area contributed by atoms with Gasteiger partial charge in [-0.25, -0.2) is 0 Å². The van der Waals surface area contributed by atoms with Crippen molar-refractivity contribution in [3.05, 3.63) is 188 Å². The lowest BCUT2D eigenvalue weighted by atomic mass is 9.67. The van der Waals surface area contributed by atoms with E-state index in [-0.39, 0.29) is 0 Å². The zero-order valence-corrected chi connectivity index (χ0v) is 25.3. The van der Waals surface area contributed by atoms with Gasteiger partial charge in [0.2, 0.25) is 0 Å². The largest absolute Gasteiger partial charge is 0.0714 e. The van der Waals surface area contributed by atoms with Crippen LogP contribution in [0.2, 0.25) is 0 Å². The summed E-state index contributed by atoms with van der Waals surface area (Å²) in [5.41, 5.74) is 11.4. The highest BCUT2D eigenvalue weighted by Gasteiger charge is 2.46. The van der Waals surface area contributed by atoms with Gasteiger partial charge in [-0.05, 0) is 87.0 Å². The molecule has 0 amide bonds. The van der Waals surface area contributed by atoms with Crippen LogP contribution >= 0.6 is 31.9 Å². The molecule has 0 nitrogen and oxygen atoms in total. The van der Waals surface area contributed by atoms with Crippen LogP contribution in [-0.4, -0.2) is 0 Å². The van der Waals surface area contributed by atoms with Gasteiger partial charge in [0, 0.05) is 20.1 Å². The second-order valence-corrected chi connectivity index (χ2v) is 12.1. The molecule has 0 spiro atoms. The highest BCUT2D eigenvalue weighted by molar-refractivity contribution is 9.10. The van der Waals surface area contributed by atoms with E-state index in [2.05, 4.69) is 159 Å². The smallest absolute Gasteiger partial charge is 0.0622 e. The first kappa shape index (κ1) is 25.8. The van der Waals surface area contributed by atoms with Gasteiger partial charge in [-0.15, -0.1) is 0 Å². The van der Waals surface area contributed by atoms with Gasteiger partial charge in [0.05, 0.1) is 5.41 Å². The van der Waals surface area contributed by atoms with E-state index in [1.165, 1.54) is 33.4 Å². The molecule has 0 saturated carbocycles. The summed E-state index contributed by atoms with van der Waals surface area (Å²) in [4.78, 5) is 0. The zero-order chi connectivity index (χ0) is 27.8. The maximum Gasteiger partial charge on any atom is 0.0714 e. The quantitative estimate of drug-likeness (QED) is 0.167. The van der Waals surface area contributed by atoms with Gasteiger partial charge >= 0.3 is 0 Å². The number of rotatable bonds is 3. The third kappa shape index (κ3) is 4.47. The van der Waals surface area contributed by atoms with Crippen LogP contribution in [-0.2, 0) is 5.41 Å². The maximum absolute atomic E-state index is 3.79. The summed E-state index contributed by atoms with van der Waals surface area (Å²) in [6.07, 6.45) is 0. The zero-order valence-electron chi connectivity index (χ0n) is 22.1. The Kier molecular flexibility index (Phi) is 6.71. The fraction of sp³-hybridized carbons (Fsp3) is 0.0256. The minimum Gasteiger partial charge on any atom is -0.0622 e. The van der Waals surface area contributed by atoms with E-state index in [0.29, 0.717) is 0 Å². The molecule has 6 aromatic carbocycles. The molecule has 0 saturated heterocycles. The Balaban J connectivity index is 1.51. The van der Waals surface area contributed by atoms with Crippen LogP contribution in [0.3, 0.4) is 0 Å². The molecular weight excluding hydrogens is 628 g/mol. The topological polar surface area (TPSA) is 0 Å². The van der Waals surface area contributed by atoms with Crippen molar-refractivity contribution in [1.29, 1.82) is 0 Å². The van der Waals surface area contributed by atoms with Crippen LogP contribution in [0.4, 0.5) is 0 Å². The Hall–Kier alpha value is -4.16. The summed E-state index contributed by atoms with van der Waals surface area (Å²) in [5.74, 6) is 6.82. The molecule has 6 aromatic rings. The molecule has 0 fully saturated rings. The standard InChI is InChI=1S/C39H24Br2/c40-32-19-22-34(28(24-32)17-16-27-10-4-1-5-11-27)29-18-21-35-36-23-20-33(41)26-38(36)39(37(35)25-29,30-12-6-2-7-13-30)31-14-8-3-9-15-31/h1-15,18-26H. The van der Waals surface area contributed by atoms with E-state index < -0.39 is 5.41 Å². The first-order valence-corrected chi connectivity index (χ1v) is 15.2. The van der Waals surface area contributed by atoms with Crippen molar-refractivity contribution in [1.82, 2.24) is 0 Å². The monoisotopic (exact) mass is 650 g/mol. The minimum absolute atomic E-state index is 0.460. The van der Waals surface area contributed by atoms with Crippen molar-refractivity contribution in [3.63, 3.8) is 0 Å². The van der Waals surface area contributed by atoms with Crippen LogP contribution in [0.5, 0.6) is 0 Å². The van der Waals surface area contributed by atoms with E-state index in [0.717, 1.165) is 31.2 Å². The molecule has 0 atom stereocenters. The van der Waals surface area contributed by atoms with E-state index in [1.54, 1.807) is 0 Å². The molecule has 2 heteroatoms. The van der Waals surface area contributed by atoms with E-state index in [1.807, 2.05) is 30.3 Å². The third-order valence-corrected chi connectivity index (χ3v) is 8.91. The molecular formula is C39H24Br2. The molecule has 0 N–H and O–H groups in total. The van der Waals surface area contributed by atoms with Gasteiger partial charge in [0.25, 0.3) is 0 Å². The van der Waals surface area contributed by atoms with Crippen molar-refractivity contribution in [2.24, 2.45) is 0 Å². The van der Waals surface area contributed by atoms with E-state index in [4.69, 9.17) is 0 Å². The number of fused-ring (bicyclic) bond motifs is 3. The fourth-order valence-electron chi connectivity index (χ4n) is 6.16. The number of halogens is 2. The average molecular weight is 652 g/mol. The molecule has 0 unspecified atom stereocenters. The number of hydrogen-bond acceptors (Lipinski definition) is 0. The highest BCUT2D eigenvalue weighted by Crippen LogP contribution is 2.57. The molecule has 0 bridgehead atoms. The second-order valence-electron chi connectivity index (χ2n) is 10.2. The predicted molar refractivity (Wildman–Crippen MR) is 177 cm³/mol. The Morgan fingerprint density at radius 1 is 0.439 bits per heavy atom. The van der Waals surface area contributed by atoms with E-state index in [9.17, 15) is 0 Å². The lowest BCUT2D eigenvalue weighted by Crippen LogP contribution is -2.28. The van der Waals surface area contributed by atoms with Gasteiger partial charge in [0.15, 0.2) is 0 Å². The summed E-state index contributed by atoms with van der Waals surface area (Å²) >= 11 is 7.47. The van der Waals surface area contributed by atoms with Gasteiger partial charge < -0.3 is 0 Å². The number of hydrogen-bond donors (Lipinski definition) is 0. The van der Waals surface area contributed by atoms with Crippen molar-refractivity contribution in [2.75, 3.05) is 0 Å². The Morgan fingerprint density at radius 2 is 0.951 bits per heavy atom. The van der Waals surface area contributed by atoms with Crippen LogP contribution in [0.25, 0.3) is 22.3 Å². The van der Waals surface area contributed by atoms with Gasteiger partial charge in [-0.3, -0.25) is 0 Å². The normalized spacial score (nSPS) is 12.6. The van der Waals surface area contributed by atoms with Crippen molar-refractivity contribution in [3.8, 4) is 34.1 Å². The molecule has 1 aliphatic carbocycles. The van der Waals surface area contributed by atoms with Gasteiger partial charge in [-0.1, -0.05) is 147 Å². The van der Waals surface area contributed by atoms with Crippen molar-refractivity contribution >= 4 is 31.9 Å². The third-order valence-electron chi connectivity index (χ3n) is 7.92. The molecule has 7 rings (SSSR count). The van der Waals surface area contributed by atoms with Crippen LogP contribution in [0.1, 0.15) is 33.4 Å². The predicted octanol–water partition coefficient (Wildman–Crippen LogP) is 10.6. The molecule has 0 aliphatic heterocycles. The number of benzene rings is 6. The first-order chi connectivity index (χ1) is 20.1. The summed E-state index contributed by atoms with van der Waals surface area (Å²) in [6, 6.07) is 52.0. The van der Waals surface area contributed by atoms with Gasteiger partial charge in [0.1, 0.15) is 0 Å². The summed E-state index contributed by atoms with van der Waals surface area (Å²) < 4.78 is 2.09. The fourth-order valence-corrected chi connectivity index (χ4v) is 6.88. The summed E-state index contributed by atoms with van der Waals surface area (Å²) in [6.45, 7) is 0. The average Bonchev–Trinajstić information content (AvgIpc) is 3.31. The molecule has 194 valence electrons. The Bertz CT molecular complexity index is 1910. The molecule has 0 aromatic heterocycles. The molecule has 0 radical (unpaired) electrons. The van der Waals surface area contributed by atoms with Gasteiger partial charge in [-0.2, -0.15) is 0 Å². The van der Waals surface area contributed by atoms with Crippen LogP contribution < -0.4 is 0 Å². The minimum atomic E-state index is -0.460. The Morgan fingerprint density at radius 3 is 1.59 bits per heavy atom. The maximum atomic E-state index is 3.79. The highest BCUT2D eigenvalue weighted by atomic mass is 79.9. The van der Waals surface area contributed by atoms with Crippen molar-refractivity contribution in [2.45, 2.75) is 5.41 Å². The van der Waals surface area contributed by atoms with Crippen LogP contribution in [0, 0.1) is 11.8 Å². The van der Waals surface area contributed by atoms with Crippen molar-refractivity contribution < 1.29 is 0 Å². The lowest BCUT2D eigenvalue weighted by Gasteiger charge is -2.34. The molecule has 0 heterocycles. The second kappa shape index (κ2) is 10.7. The molecule has 41 heavy (non-hydrogen) atoms. The molecule has 1 aliphatic rings.